The van der Waals surface area contributed by atoms with Gasteiger partial charge in [0.1, 0.15) is 0 Å². The second-order valence-electron chi connectivity index (χ2n) is 6.56. The van der Waals surface area contributed by atoms with Crippen LogP contribution in [-0.2, 0) is 10.4 Å². The van der Waals surface area contributed by atoms with Gasteiger partial charge >= 0.3 is 6.18 Å². The van der Waals surface area contributed by atoms with E-state index in [2.05, 4.69) is 5.32 Å². The van der Waals surface area contributed by atoms with Crippen LogP contribution in [0.2, 0.25) is 0 Å². The summed E-state index contributed by atoms with van der Waals surface area (Å²) in [4.78, 5) is 12.0. The van der Waals surface area contributed by atoms with Gasteiger partial charge in [-0.15, -0.1) is 0 Å². The van der Waals surface area contributed by atoms with E-state index < -0.39 is 24.1 Å². The lowest BCUT2D eigenvalue weighted by molar-refractivity contribution is -0.267. The summed E-state index contributed by atoms with van der Waals surface area (Å²) in [7, 11) is 0. The van der Waals surface area contributed by atoms with Crippen LogP contribution < -0.4 is 5.32 Å². The molecule has 0 bridgehead atoms. The molecule has 1 rings (SSSR count). The van der Waals surface area contributed by atoms with Crippen LogP contribution in [0.3, 0.4) is 0 Å². The van der Waals surface area contributed by atoms with Crippen LogP contribution in [-0.4, -0.2) is 23.2 Å². The largest absolute Gasteiger partial charge is 0.421 e. The van der Waals surface area contributed by atoms with Gasteiger partial charge in [0.05, 0.1) is 6.42 Å². The molecule has 3 nitrogen and oxygen atoms in total. The highest BCUT2D eigenvalue weighted by Gasteiger charge is 2.56. The summed E-state index contributed by atoms with van der Waals surface area (Å²) in [5.74, 6) is -0.842. The number of alkyl halides is 3. The molecule has 0 aliphatic heterocycles. The number of halogens is 3. The highest BCUT2D eigenvalue weighted by Crippen LogP contribution is 2.41. The minimum atomic E-state index is -4.95. The Morgan fingerprint density at radius 1 is 1.18 bits per heavy atom. The molecular weight excluding hydrogens is 295 g/mol. The Morgan fingerprint density at radius 2 is 1.68 bits per heavy atom. The van der Waals surface area contributed by atoms with Crippen LogP contribution in [0, 0.1) is 5.41 Å². The molecule has 0 radical (unpaired) electrons. The SMILES string of the molecule is CC(NC(=O)CC(O)(c1ccccc1)C(F)(F)F)C(C)(C)C. The Balaban J connectivity index is 3.00. The summed E-state index contributed by atoms with van der Waals surface area (Å²) < 4.78 is 39.9. The molecule has 1 aromatic carbocycles. The van der Waals surface area contributed by atoms with Crippen molar-refractivity contribution in [3.05, 3.63) is 35.9 Å². The summed E-state index contributed by atoms with van der Waals surface area (Å²) in [6.45, 7) is 7.31. The molecule has 2 unspecified atom stereocenters. The molecule has 0 spiro atoms. The monoisotopic (exact) mass is 317 g/mol. The van der Waals surface area contributed by atoms with Gasteiger partial charge in [0, 0.05) is 6.04 Å². The third-order valence-corrected chi connectivity index (χ3v) is 3.81. The molecule has 2 atom stereocenters. The maximum absolute atomic E-state index is 13.3. The number of rotatable bonds is 4. The van der Waals surface area contributed by atoms with Crippen molar-refractivity contribution < 1.29 is 23.1 Å². The summed E-state index contributed by atoms with van der Waals surface area (Å²) in [5.41, 5.74) is -3.84. The topological polar surface area (TPSA) is 49.3 Å². The lowest BCUT2D eigenvalue weighted by atomic mass is 9.86. The number of hydrogen-bond donors (Lipinski definition) is 2. The van der Waals surface area contributed by atoms with Gasteiger partial charge in [-0.1, -0.05) is 51.1 Å². The van der Waals surface area contributed by atoms with E-state index >= 15 is 0 Å². The standard InChI is InChI=1S/C16H22F3NO2/c1-11(14(2,3)4)20-13(21)10-15(22,16(17,18)19)12-8-6-5-7-9-12/h5-9,11,22H,10H2,1-4H3,(H,20,21). The van der Waals surface area contributed by atoms with Crippen LogP contribution >= 0.6 is 0 Å². The van der Waals surface area contributed by atoms with Gasteiger partial charge in [-0.05, 0) is 17.9 Å². The fourth-order valence-electron chi connectivity index (χ4n) is 1.82. The molecule has 0 aliphatic rings. The first-order chi connectivity index (χ1) is 9.88. The number of carbonyl (C=O) groups is 1. The van der Waals surface area contributed by atoms with E-state index in [1.54, 1.807) is 13.0 Å². The molecule has 1 amide bonds. The molecule has 2 N–H and O–H groups in total. The smallest absolute Gasteiger partial charge is 0.376 e. The predicted molar refractivity (Wildman–Crippen MR) is 78.1 cm³/mol. The molecule has 0 fully saturated rings. The van der Waals surface area contributed by atoms with Crippen LogP contribution in [0.5, 0.6) is 0 Å². The van der Waals surface area contributed by atoms with Crippen molar-refractivity contribution in [1.29, 1.82) is 0 Å². The molecule has 0 saturated carbocycles. The van der Waals surface area contributed by atoms with Crippen molar-refractivity contribution in [2.45, 2.75) is 51.9 Å². The van der Waals surface area contributed by atoms with Crippen molar-refractivity contribution in [3.8, 4) is 0 Å². The van der Waals surface area contributed by atoms with Crippen LogP contribution in [0.1, 0.15) is 39.7 Å². The molecule has 6 heteroatoms. The third-order valence-electron chi connectivity index (χ3n) is 3.81. The van der Waals surface area contributed by atoms with E-state index in [0.717, 1.165) is 12.1 Å². The van der Waals surface area contributed by atoms with Gasteiger partial charge in [-0.25, -0.2) is 0 Å². The number of amides is 1. The summed E-state index contributed by atoms with van der Waals surface area (Å²) in [5, 5.41) is 12.6. The number of benzene rings is 1. The number of carbonyl (C=O) groups excluding carboxylic acids is 1. The van der Waals surface area contributed by atoms with Gasteiger partial charge in [-0.3, -0.25) is 4.79 Å². The minimum Gasteiger partial charge on any atom is -0.376 e. The van der Waals surface area contributed by atoms with Crippen molar-refractivity contribution >= 4 is 5.91 Å². The Labute approximate surface area is 128 Å². The number of hydrogen-bond acceptors (Lipinski definition) is 2. The lowest BCUT2D eigenvalue weighted by Crippen LogP contribution is -2.49. The van der Waals surface area contributed by atoms with Crippen LogP contribution in [0.4, 0.5) is 13.2 Å². The summed E-state index contributed by atoms with van der Waals surface area (Å²) in [6, 6.07) is 6.32. The fraction of sp³-hybridized carbons (Fsp3) is 0.562. The van der Waals surface area contributed by atoms with E-state index in [1.807, 2.05) is 20.8 Å². The van der Waals surface area contributed by atoms with E-state index in [9.17, 15) is 23.1 Å². The zero-order valence-corrected chi connectivity index (χ0v) is 13.2. The first kappa shape index (κ1) is 18.5. The van der Waals surface area contributed by atoms with E-state index in [4.69, 9.17) is 0 Å². The third kappa shape index (κ3) is 4.22. The second-order valence-corrected chi connectivity index (χ2v) is 6.56. The zero-order valence-electron chi connectivity index (χ0n) is 13.2. The first-order valence-electron chi connectivity index (χ1n) is 7.02. The number of aliphatic hydroxyl groups is 1. The molecule has 0 saturated heterocycles. The van der Waals surface area contributed by atoms with Gasteiger partial charge < -0.3 is 10.4 Å². The van der Waals surface area contributed by atoms with Gasteiger partial charge in [0.15, 0.2) is 5.60 Å². The maximum atomic E-state index is 13.3. The van der Waals surface area contributed by atoms with Crippen molar-refractivity contribution in [2.24, 2.45) is 5.41 Å². The lowest BCUT2D eigenvalue weighted by Gasteiger charge is -2.33. The Bertz CT molecular complexity index is 508. The van der Waals surface area contributed by atoms with E-state index in [0.29, 0.717) is 0 Å². The Morgan fingerprint density at radius 3 is 2.09 bits per heavy atom. The minimum absolute atomic E-state index is 0.293. The highest BCUT2D eigenvalue weighted by molar-refractivity contribution is 5.77. The van der Waals surface area contributed by atoms with Gasteiger partial charge in [0.2, 0.25) is 5.91 Å². The number of nitrogens with one attached hydrogen (secondary N) is 1. The molecule has 1 aromatic rings. The van der Waals surface area contributed by atoms with Crippen LogP contribution in [0.25, 0.3) is 0 Å². The van der Waals surface area contributed by atoms with Crippen molar-refractivity contribution in [2.75, 3.05) is 0 Å². The van der Waals surface area contributed by atoms with Crippen molar-refractivity contribution in [3.63, 3.8) is 0 Å². The molecule has 0 aliphatic carbocycles. The Hall–Kier alpha value is -1.56. The zero-order chi connectivity index (χ0) is 17.2. The first-order valence-corrected chi connectivity index (χ1v) is 7.02. The molecule has 0 heterocycles. The Kier molecular flexibility index (Phi) is 5.28. The quantitative estimate of drug-likeness (QED) is 0.894. The second kappa shape index (κ2) is 6.28. The van der Waals surface area contributed by atoms with Crippen molar-refractivity contribution in [1.82, 2.24) is 5.32 Å². The van der Waals surface area contributed by atoms with E-state index in [-0.39, 0.29) is 17.0 Å². The van der Waals surface area contributed by atoms with E-state index in [1.165, 1.54) is 12.1 Å². The van der Waals surface area contributed by atoms with Gasteiger partial charge in [-0.2, -0.15) is 13.2 Å². The van der Waals surface area contributed by atoms with Crippen LogP contribution in [0.15, 0.2) is 30.3 Å². The average Bonchev–Trinajstić information content (AvgIpc) is 2.37. The maximum Gasteiger partial charge on any atom is 0.421 e. The highest BCUT2D eigenvalue weighted by atomic mass is 19.4. The van der Waals surface area contributed by atoms with Gasteiger partial charge in [0.25, 0.3) is 0 Å². The molecule has 124 valence electrons. The average molecular weight is 317 g/mol. The fourth-order valence-corrected chi connectivity index (χ4v) is 1.82. The normalized spacial score (nSPS) is 16.7. The molecular formula is C16H22F3NO2. The molecule has 22 heavy (non-hydrogen) atoms. The predicted octanol–water partition coefficient (Wildman–Crippen LogP) is 3.38. The summed E-state index contributed by atoms with van der Waals surface area (Å²) in [6.07, 6.45) is -6.02. The molecule has 0 aromatic heterocycles. The summed E-state index contributed by atoms with van der Waals surface area (Å²) >= 11 is 0.